The highest BCUT2D eigenvalue weighted by molar-refractivity contribution is 6.30. The van der Waals surface area contributed by atoms with E-state index in [1.165, 1.54) is 0 Å². The number of urea groups is 1. The lowest BCUT2D eigenvalue weighted by Crippen LogP contribution is -2.28. The van der Waals surface area contributed by atoms with Gasteiger partial charge in [-0.05, 0) is 17.7 Å². The summed E-state index contributed by atoms with van der Waals surface area (Å²) in [5.74, 6) is 0.947. The largest absolute Gasteiger partial charge is 0.354 e. The maximum atomic E-state index is 11.9. The minimum atomic E-state index is -0.363. The van der Waals surface area contributed by atoms with E-state index in [0.29, 0.717) is 23.1 Å². The fourth-order valence-electron chi connectivity index (χ4n) is 2.06. The van der Waals surface area contributed by atoms with Gasteiger partial charge in [0, 0.05) is 23.2 Å². The van der Waals surface area contributed by atoms with Gasteiger partial charge in [0.05, 0.1) is 0 Å². The molecule has 3 rings (SSSR count). The van der Waals surface area contributed by atoms with Crippen molar-refractivity contribution in [3.05, 3.63) is 71.2 Å². The quantitative estimate of drug-likeness (QED) is 0.750. The molecule has 1 aromatic heterocycles. The van der Waals surface area contributed by atoms with Crippen LogP contribution in [0.2, 0.25) is 5.02 Å². The number of amides is 2. The van der Waals surface area contributed by atoms with Crippen molar-refractivity contribution in [1.29, 1.82) is 0 Å². The number of hydrogen-bond donors (Lipinski definition) is 2. The first-order valence-corrected chi connectivity index (χ1v) is 7.40. The van der Waals surface area contributed by atoms with Crippen LogP contribution in [0.15, 0.2) is 65.2 Å². The van der Waals surface area contributed by atoms with Gasteiger partial charge in [0.1, 0.15) is 0 Å². The molecule has 2 aromatic carbocycles. The molecule has 0 atom stereocenters. The Morgan fingerprint density at radius 2 is 1.91 bits per heavy atom. The molecule has 5 nitrogen and oxygen atoms in total. The Morgan fingerprint density at radius 3 is 2.70 bits per heavy atom. The Labute approximate surface area is 138 Å². The molecule has 23 heavy (non-hydrogen) atoms. The molecule has 0 saturated heterocycles. The van der Waals surface area contributed by atoms with Crippen LogP contribution in [0.4, 0.5) is 10.6 Å². The Balaban J connectivity index is 1.57. The van der Waals surface area contributed by atoms with Crippen molar-refractivity contribution >= 4 is 23.4 Å². The van der Waals surface area contributed by atoms with E-state index in [2.05, 4.69) is 15.8 Å². The number of nitrogens with one attached hydrogen (secondary N) is 2. The van der Waals surface area contributed by atoms with Gasteiger partial charge in [0.2, 0.25) is 0 Å². The van der Waals surface area contributed by atoms with Gasteiger partial charge in [-0.1, -0.05) is 59.2 Å². The summed E-state index contributed by atoms with van der Waals surface area (Å²) >= 11 is 5.90. The number of halogens is 1. The molecular weight excluding hydrogens is 314 g/mol. The monoisotopic (exact) mass is 327 g/mol. The first-order valence-electron chi connectivity index (χ1n) is 7.02. The second-order valence-electron chi connectivity index (χ2n) is 4.88. The zero-order valence-corrected chi connectivity index (χ0v) is 12.9. The summed E-state index contributed by atoms with van der Waals surface area (Å²) < 4.78 is 5.22. The van der Waals surface area contributed by atoms with Crippen LogP contribution in [0.3, 0.4) is 0 Å². The minimum Gasteiger partial charge on any atom is -0.354 e. The first-order chi connectivity index (χ1) is 11.2. The Hall–Kier alpha value is -2.79. The van der Waals surface area contributed by atoms with Crippen LogP contribution in [-0.4, -0.2) is 11.2 Å². The third-order valence-corrected chi connectivity index (χ3v) is 3.39. The van der Waals surface area contributed by atoms with Gasteiger partial charge < -0.3 is 9.84 Å². The third-order valence-electron chi connectivity index (χ3n) is 3.15. The molecule has 6 heteroatoms. The Kier molecular flexibility index (Phi) is 4.59. The topological polar surface area (TPSA) is 67.2 Å². The van der Waals surface area contributed by atoms with Gasteiger partial charge in [-0.3, -0.25) is 5.32 Å². The SMILES string of the molecule is O=C(NCc1cccc(Cl)c1)Nc1cc(-c2ccccc2)on1. The molecule has 0 aliphatic heterocycles. The molecule has 2 amide bonds. The molecule has 0 unspecified atom stereocenters. The lowest BCUT2D eigenvalue weighted by molar-refractivity contribution is 0.251. The van der Waals surface area contributed by atoms with E-state index in [9.17, 15) is 4.79 Å². The van der Waals surface area contributed by atoms with E-state index in [4.69, 9.17) is 16.1 Å². The molecule has 0 bridgehead atoms. The number of carbonyl (C=O) groups excluding carboxylic acids is 1. The summed E-state index contributed by atoms with van der Waals surface area (Å²) in [4.78, 5) is 11.9. The van der Waals surface area contributed by atoms with Crippen LogP contribution < -0.4 is 10.6 Å². The van der Waals surface area contributed by atoms with Crippen LogP contribution in [0.1, 0.15) is 5.56 Å². The molecule has 3 aromatic rings. The summed E-state index contributed by atoms with van der Waals surface area (Å²) in [5.41, 5.74) is 1.81. The van der Waals surface area contributed by atoms with Crippen molar-refractivity contribution in [2.75, 3.05) is 5.32 Å². The minimum absolute atomic E-state index is 0.354. The van der Waals surface area contributed by atoms with E-state index in [0.717, 1.165) is 11.1 Å². The Morgan fingerprint density at radius 1 is 1.09 bits per heavy atom. The predicted octanol–water partition coefficient (Wildman–Crippen LogP) is 4.32. The number of aromatic nitrogens is 1. The van der Waals surface area contributed by atoms with Gasteiger partial charge in [0.15, 0.2) is 11.6 Å². The lowest BCUT2D eigenvalue weighted by atomic mass is 10.2. The molecule has 0 aliphatic carbocycles. The molecule has 116 valence electrons. The van der Waals surface area contributed by atoms with Crippen molar-refractivity contribution in [2.24, 2.45) is 0 Å². The average Bonchev–Trinajstić information content (AvgIpc) is 3.02. The van der Waals surface area contributed by atoms with Crippen molar-refractivity contribution in [2.45, 2.75) is 6.54 Å². The zero-order valence-electron chi connectivity index (χ0n) is 12.1. The van der Waals surface area contributed by atoms with E-state index in [1.807, 2.05) is 42.5 Å². The molecule has 0 fully saturated rings. The van der Waals surface area contributed by atoms with Gasteiger partial charge in [-0.25, -0.2) is 4.79 Å². The maximum Gasteiger partial charge on any atom is 0.320 e. The van der Waals surface area contributed by atoms with Gasteiger partial charge in [-0.2, -0.15) is 0 Å². The smallest absolute Gasteiger partial charge is 0.320 e. The summed E-state index contributed by atoms with van der Waals surface area (Å²) in [6, 6.07) is 18.2. The van der Waals surface area contributed by atoms with Gasteiger partial charge in [0.25, 0.3) is 0 Å². The van der Waals surface area contributed by atoms with Crippen molar-refractivity contribution in [3.63, 3.8) is 0 Å². The van der Waals surface area contributed by atoms with Crippen molar-refractivity contribution in [3.8, 4) is 11.3 Å². The van der Waals surface area contributed by atoms with E-state index in [-0.39, 0.29) is 6.03 Å². The van der Waals surface area contributed by atoms with Crippen LogP contribution in [0.25, 0.3) is 11.3 Å². The molecule has 0 radical (unpaired) electrons. The average molecular weight is 328 g/mol. The fraction of sp³-hybridized carbons (Fsp3) is 0.0588. The van der Waals surface area contributed by atoms with E-state index >= 15 is 0 Å². The summed E-state index contributed by atoms with van der Waals surface area (Å²) in [6.45, 7) is 0.371. The number of rotatable bonds is 4. The third kappa shape index (κ3) is 4.11. The zero-order chi connectivity index (χ0) is 16.1. The number of carbonyl (C=O) groups is 1. The molecule has 1 heterocycles. The molecule has 0 saturated carbocycles. The van der Waals surface area contributed by atoms with Crippen LogP contribution >= 0.6 is 11.6 Å². The van der Waals surface area contributed by atoms with Gasteiger partial charge in [-0.15, -0.1) is 0 Å². The molecular formula is C17H14ClN3O2. The Bertz CT molecular complexity index is 802. The van der Waals surface area contributed by atoms with Crippen LogP contribution in [-0.2, 0) is 6.54 Å². The van der Waals surface area contributed by atoms with E-state index in [1.54, 1.807) is 18.2 Å². The van der Waals surface area contributed by atoms with E-state index < -0.39 is 0 Å². The summed E-state index contributed by atoms with van der Waals surface area (Å²) in [7, 11) is 0. The lowest BCUT2D eigenvalue weighted by Gasteiger charge is -2.05. The standard InChI is InChI=1S/C17H14ClN3O2/c18-14-8-4-5-12(9-14)11-19-17(22)20-16-10-15(23-21-16)13-6-2-1-3-7-13/h1-10H,11H2,(H2,19,20,21,22). The second kappa shape index (κ2) is 6.98. The van der Waals surface area contributed by atoms with Gasteiger partial charge >= 0.3 is 6.03 Å². The highest BCUT2D eigenvalue weighted by atomic mass is 35.5. The number of hydrogen-bond acceptors (Lipinski definition) is 3. The van der Waals surface area contributed by atoms with Crippen molar-refractivity contribution < 1.29 is 9.32 Å². The van der Waals surface area contributed by atoms with Crippen molar-refractivity contribution in [1.82, 2.24) is 10.5 Å². The fourth-order valence-corrected chi connectivity index (χ4v) is 2.28. The van der Waals surface area contributed by atoms with Crippen LogP contribution in [0, 0.1) is 0 Å². The molecule has 2 N–H and O–H groups in total. The normalized spacial score (nSPS) is 10.3. The summed E-state index contributed by atoms with van der Waals surface area (Å²) in [6.07, 6.45) is 0. The first kappa shape index (κ1) is 15.1. The van der Waals surface area contributed by atoms with Crippen LogP contribution in [0.5, 0.6) is 0 Å². The molecule has 0 aliphatic rings. The second-order valence-corrected chi connectivity index (χ2v) is 5.32. The highest BCUT2D eigenvalue weighted by Crippen LogP contribution is 2.21. The summed E-state index contributed by atoms with van der Waals surface area (Å²) in [5, 5.41) is 9.83. The predicted molar refractivity (Wildman–Crippen MR) is 89.2 cm³/mol. The maximum absolute atomic E-state index is 11.9. The number of benzene rings is 2. The highest BCUT2D eigenvalue weighted by Gasteiger charge is 2.09. The number of anilines is 1. The molecule has 0 spiro atoms. The number of nitrogens with zero attached hydrogens (tertiary/aromatic N) is 1.